The van der Waals surface area contributed by atoms with Gasteiger partial charge in [0.15, 0.2) is 0 Å². The topological polar surface area (TPSA) is 0 Å². The minimum Gasteiger partial charge on any atom is -0.0827 e. The molecule has 0 bridgehead atoms. The molecule has 1 aliphatic rings. The van der Waals surface area contributed by atoms with Crippen LogP contribution in [0.4, 0.5) is 0 Å². The lowest BCUT2D eigenvalue weighted by atomic mass is 9.90. The summed E-state index contributed by atoms with van der Waals surface area (Å²) in [5.74, 6) is 0. The number of halogens is 4. The first-order valence-corrected chi connectivity index (χ1v) is 10.5. The van der Waals surface area contributed by atoms with Gasteiger partial charge in [-0.05, 0) is 93.0 Å². The predicted molar refractivity (Wildman–Crippen MR) is 124 cm³/mol. The van der Waals surface area contributed by atoms with Gasteiger partial charge in [-0.2, -0.15) is 0 Å². The van der Waals surface area contributed by atoms with E-state index in [-0.39, 0.29) is 0 Å². The molecule has 4 aromatic rings. The SMILES string of the molecule is Clc1cc2cc3c(cc2cc1Cl)CCc1cc2cc(Cl)c(Cl)cc2cc1/C=C\3. The van der Waals surface area contributed by atoms with Gasteiger partial charge in [0.25, 0.3) is 0 Å². The molecule has 4 aromatic carbocycles. The molecule has 0 atom stereocenters. The highest BCUT2D eigenvalue weighted by Crippen LogP contribution is 2.34. The Labute approximate surface area is 183 Å². The molecule has 1 aliphatic carbocycles. The number of hydrogen-bond acceptors (Lipinski definition) is 0. The third kappa shape index (κ3) is 3.19. The van der Waals surface area contributed by atoms with Crippen LogP contribution in [0.1, 0.15) is 22.3 Å². The number of fused-ring (bicyclic) bond motifs is 4. The van der Waals surface area contributed by atoms with Crippen LogP contribution in [0.3, 0.4) is 0 Å². The van der Waals surface area contributed by atoms with E-state index < -0.39 is 0 Å². The minimum atomic E-state index is 0.580. The molecule has 0 nitrogen and oxygen atoms in total. The zero-order valence-corrected chi connectivity index (χ0v) is 17.7. The Bertz CT molecular complexity index is 1200. The lowest BCUT2D eigenvalue weighted by molar-refractivity contribution is 0.957. The molecule has 0 spiro atoms. The molecule has 0 fully saturated rings. The molecule has 0 aliphatic heterocycles. The van der Waals surface area contributed by atoms with Crippen LogP contribution >= 0.6 is 46.4 Å². The van der Waals surface area contributed by atoms with Crippen LogP contribution in [0, 0.1) is 0 Å². The van der Waals surface area contributed by atoms with Crippen molar-refractivity contribution in [2.45, 2.75) is 12.8 Å². The summed E-state index contributed by atoms with van der Waals surface area (Å²) in [6.45, 7) is 0. The fraction of sp³-hybridized carbons (Fsp3) is 0.0833. The van der Waals surface area contributed by atoms with Crippen molar-refractivity contribution in [2.75, 3.05) is 0 Å². The molecular formula is C24H14Cl4. The zero-order valence-electron chi connectivity index (χ0n) is 14.7. The van der Waals surface area contributed by atoms with Gasteiger partial charge in [0.2, 0.25) is 0 Å². The van der Waals surface area contributed by atoms with E-state index in [9.17, 15) is 0 Å². The number of hydrogen-bond donors (Lipinski definition) is 0. The Morgan fingerprint density at radius 3 is 1.11 bits per heavy atom. The lowest BCUT2D eigenvalue weighted by Crippen LogP contribution is -2.00. The molecule has 0 amide bonds. The standard InChI is InChI=1S/C24H14Cl4/c25-21-9-17-5-13-1-2-14-6-18-10-22(26)24(28)12-20(18)8-16(14)4-3-15(13)7-19(17)11-23(21)27/h1-2,5-12H,3-4H2/b2-1-. The van der Waals surface area contributed by atoms with Crippen LogP contribution in [0.5, 0.6) is 0 Å². The highest BCUT2D eigenvalue weighted by atomic mass is 35.5. The van der Waals surface area contributed by atoms with Crippen molar-refractivity contribution in [3.8, 4) is 0 Å². The molecule has 28 heavy (non-hydrogen) atoms. The van der Waals surface area contributed by atoms with E-state index in [1.54, 1.807) is 0 Å². The summed E-state index contributed by atoms with van der Waals surface area (Å²) in [6.07, 6.45) is 6.27. The molecular weight excluding hydrogens is 430 g/mol. The van der Waals surface area contributed by atoms with E-state index in [1.807, 2.05) is 24.3 Å². The van der Waals surface area contributed by atoms with Gasteiger partial charge in [0, 0.05) is 0 Å². The largest absolute Gasteiger partial charge is 0.0827 e. The maximum Gasteiger partial charge on any atom is 0.0598 e. The first kappa shape index (κ1) is 18.3. The van der Waals surface area contributed by atoms with Crippen molar-refractivity contribution in [3.05, 3.63) is 90.9 Å². The Hall–Kier alpha value is -1.70. The van der Waals surface area contributed by atoms with E-state index in [2.05, 4.69) is 36.4 Å². The molecule has 0 radical (unpaired) electrons. The number of aryl methyl sites for hydroxylation is 2. The van der Waals surface area contributed by atoms with Gasteiger partial charge in [-0.1, -0.05) is 70.7 Å². The van der Waals surface area contributed by atoms with Gasteiger partial charge in [0.05, 0.1) is 20.1 Å². The van der Waals surface area contributed by atoms with Gasteiger partial charge < -0.3 is 0 Å². The average molecular weight is 444 g/mol. The fourth-order valence-electron chi connectivity index (χ4n) is 3.91. The van der Waals surface area contributed by atoms with Crippen molar-refractivity contribution in [1.82, 2.24) is 0 Å². The summed E-state index contributed by atoms with van der Waals surface area (Å²) in [4.78, 5) is 0. The van der Waals surface area contributed by atoms with Crippen molar-refractivity contribution in [1.29, 1.82) is 0 Å². The van der Waals surface area contributed by atoms with Crippen LogP contribution in [0.25, 0.3) is 33.7 Å². The van der Waals surface area contributed by atoms with Crippen molar-refractivity contribution >= 4 is 80.1 Å². The van der Waals surface area contributed by atoms with Gasteiger partial charge in [-0.15, -0.1) is 0 Å². The Morgan fingerprint density at radius 1 is 0.429 bits per heavy atom. The van der Waals surface area contributed by atoms with Crippen molar-refractivity contribution in [2.24, 2.45) is 0 Å². The summed E-state index contributed by atoms with van der Waals surface area (Å²) in [5, 5.41) is 6.75. The molecule has 4 heteroatoms. The Balaban J connectivity index is 1.66. The molecule has 0 saturated carbocycles. The number of benzene rings is 4. The summed E-state index contributed by atoms with van der Waals surface area (Å²) >= 11 is 24.8. The smallest absolute Gasteiger partial charge is 0.0598 e. The first-order valence-electron chi connectivity index (χ1n) is 8.99. The van der Waals surface area contributed by atoms with Crippen molar-refractivity contribution < 1.29 is 0 Å². The maximum absolute atomic E-state index is 6.21. The normalized spacial score (nSPS) is 14.4. The van der Waals surface area contributed by atoms with Crippen LogP contribution in [-0.2, 0) is 12.8 Å². The second-order valence-electron chi connectivity index (χ2n) is 7.16. The maximum atomic E-state index is 6.21. The van der Waals surface area contributed by atoms with Crippen LogP contribution in [0.2, 0.25) is 20.1 Å². The van der Waals surface area contributed by atoms with Crippen LogP contribution in [0.15, 0.2) is 48.5 Å². The average Bonchev–Trinajstić information content (AvgIpc) is 2.65. The highest BCUT2D eigenvalue weighted by molar-refractivity contribution is 6.43. The second-order valence-corrected chi connectivity index (χ2v) is 8.79. The second kappa shape index (κ2) is 6.97. The van der Waals surface area contributed by atoms with Gasteiger partial charge in [0.1, 0.15) is 0 Å². The Morgan fingerprint density at radius 2 is 0.750 bits per heavy atom. The van der Waals surface area contributed by atoms with E-state index in [0.29, 0.717) is 20.1 Å². The zero-order chi connectivity index (χ0) is 19.4. The van der Waals surface area contributed by atoms with Crippen LogP contribution < -0.4 is 0 Å². The molecule has 0 heterocycles. The number of rotatable bonds is 0. The third-order valence-corrected chi connectivity index (χ3v) is 6.83. The molecule has 0 aromatic heterocycles. The van der Waals surface area contributed by atoms with Gasteiger partial charge in [-0.3, -0.25) is 0 Å². The first-order chi connectivity index (χ1) is 13.5. The molecule has 0 saturated heterocycles. The van der Waals surface area contributed by atoms with E-state index in [4.69, 9.17) is 46.4 Å². The highest BCUT2D eigenvalue weighted by Gasteiger charge is 2.12. The fourth-order valence-corrected chi connectivity index (χ4v) is 4.60. The minimum absolute atomic E-state index is 0.580. The summed E-state index contributed by atoms with van der Waals surface area (Å²) in [6, 6.07) is 16.6. The van der Waals surface area contributed by atoms with Crippen LogP contribution in [-0.4, -0.2) is 0 Å². The van der Waals surface area contributed by atoms with E-state index in [1.165, 1.54) is 22.3 Å². The van der Waals surface area contributed by atoms with Crippen molar-refractivity contribution in [3.63, 3.8) is 0 Å². The molecule has 0 unspecified atom stereocenters. The summed E-state index contributed by atoms with van der Waals surface area (Å²) in [7, 11) is 0. The predicted octanol–water partition coefficient (Wildman–Crippen LogP) is 8.88. The molecule has 138 valence electrons. The van der Waals surface area contributed by atoms with E-state index >= 15 is 0 Å². The van der Waals surface area contributed by atoms with Gasteiger partial charge in [-0.25, -0.2) is 0 Å². The quantitative estimate of drug-likeness (QED) is 0.254. The van der Waals surface area contributed by atoms with E-state index in [0.717, 1.165) is 34.4 Å². The van der Waals surface area contributed by atoms with Gasteiger partial charge >= 0.3 is 0 Å². The Kier molecular flexibility index (Phi) is 4.56. The molecule has 5 rings (SSSR count). The third-order valence-electron chi connectivity index (χ3n) is 5.38. The summed E-state index contributed by atoms with van der Waals surface area (Å²) in [5.41, 5.74) is 5.04. The molecule has 0 N–H and O–H groups in total. The summed E-state index contributed by atoms with van der Waals surface area (Å²) < 4.78 is 0. The lowest BCUT2D eigenvalue weighted by Gasteiger charge is -2.16. The monoisotopic (exact) mass is 442 g/mol.